The molecule has 1 heterocycles. The molecule has 3 N–H and O–H groups in total. The Morgan fingerprint density at radius 3 is 2.79 bits per heavy atom. The van der Waals surface area contributed by atoms with Crippen LogP contribution in [0.3, 0.4) is 0 Å². The molecular weight excluding hydrogens is 224 g/mol. The van der Waals surface area contributed by atoms with Gasteiger partial charge in [0.2, 0.25) is 11.2 Å². The van der Waals surface area contributed by atoms with Gasteiger partial charge in [0, 0.05) is 11.9 Å². The van der Waals surface area contributed by atoms with Crippen molar-refractivity contribution < 1.29 is 5.11 Å². The van der Waals surface area contributed by atoms with Crippen LogP contribution in [0.15, 0.2) is 5.16 Å². The van der Waals surface area contributed by atoms with E-state index in [1.165, 1.54) is 11.8 Å². The summed E-state index contributed by atoms with van der Waals surface area (Å²) in [6.07, 6.45) is 0.674. The first-order chi connectivity index (χ1) is 6.61. The molecule has 78 valence electrons. The molecule has 1 aromatic heterocycles. The van der Waals surface area contributed by atoms with E-state index in [2.05, 4.69) is 15.0 Å². The van der Waals surface area contributed by atoms with Crippen molar-refractivity contribution in [1.29, 1.82) is 0 Å². The van der Waals surface area contributed by atoms with Crippen LogP contribution in [0.1, 0.15) is 13.3 Å². The zero-order valence-electron chi connectivity index (χ0n) is 7.64. The average Bonchev–Trinajstić information content (AvgIpc) is 2.01. The van der Waals surface area contributed by atoms with Gasteiger partial charge in [-0.15, -0.1) is 0 Å². The quantitative estimate of drug-likeness (QED) is 0.756. The van der Waals surface area contributed by atoms with E-state index in [1.807, 2.05) is 6.92 Å². The van der Waals surface area contributed by atoms with Gasteiger partial charge in [-0.05, 0) is 18.0 Å². The molecule has 0 saturated heterocycles. The molecule has 0 amide bonds. The second-order valence-corrected chi connectivity index (χ2v) is 4.43. The highest BCUT2D eigenvalue weighted by Gasteiger charge is 2.08. The Morgan fingerprint density at radius 2 is 2.21 bits per heavy atom. The van der Waals surface area contributed by atoms with Crippen LogP contribution in [0, 0.1) is 0 Å². The fourth-order valence-corrected chi connectivity index (χ4v) is 1.91. The fourth-order valence-electron chi connectivity index (χ4n) is 0.820. The number of rotatable bonds is 4. The maximum Gasteiger partial charge on any atom is 0.228 e. The molecule has 1 unspecified atom stereocenters. The van der Waals surface area contributed by atoms with Crippen LogP contribution in [0.5, 0.6) is 0 Å². The number of halogens is 1. The van der Waals surface area contributed by atoms with Crippen molar-refractivity contribution in [2.24, 2.45) is 0 Å². The van der Waals surface area contributed by atoms with E-state index in [-0.39, 0.29) is 23.1 Å². The average molecular weight is 235 g/mol. The lowest BCUT2D eigenvalue weighted by Gasteiger charge is -2.07. The number of aromatic nitrogens is 3. The fraction of sp³-hybridized carbons (Fsp3) is 0.571. The van der Waals surface area contributed by atoms with Crippen LogP contribution in [-0.2, 0) is 0 Å². The van der Waals surface area contributed by atoms with Crippen LogP contribution in [0.2, 0.25) is 5.28 Å². The molecule has 0 aliphatic heterocycles. The Balaban J connectivity index is 2.66. The van der Waals surface area contributed by atoms with Gasteiger partial charge in [-0.1, -0.05) is 18.7 Å². The lowest BCUT2D eigenvalue weighted by Crippen LogP contribution is -2.04. The SMILES string of the molecule is CC(CCO)Sc1nc(N)nc(Cl)n1. The maximum atomic E-state index is 8.71. The highest BCUT2D eigenvalue weighted by Crippen LogP contribution is 2.22. The number of aliphatic hydroxyl groups excluding tert-OH is 1. The first-order valence-electron chi connectivity index (χ1n) is 4.06. The van der Waals surface area contributed by atoms with E-state index < -0.39 is 0 Å². The van der Waals surface area contributed by atoms with Gasteiger partial charge in [-0.2, -0.15) is 15.0 Å². The number of hydrogen-bond acceptors (Lipinski definition) is 6. The summed E-state index contributed by atoms with van der Waals surface area (Å²) in [5.74, 6) is 0.115. The summed E-state index contributed by atoms with van der Waals surface area (Å²) < 4.78 is 0. The van der Waals surface area contributed by atoms with Gasteiger partial charge >= 0.3 is 0 Å². The van der Waals surface area contributed by atoms with Gasteiger partial charge in [0.05, 0.1) is 0 Å². The molecule has 0 aromatic carbocycles. The van der Waals surface area contributed by atoms with E-state index in [1.54, 1.807) is 0 Å². The zero-order valence-corrected chi connectivity index (χ0v) is 9.22. The second kappa shape index (κ2) is 5.33. The minimum atomic E-state index is 0.0937. The molecular formula is C7H11ClN4OS. The molecule has 0 aliphatic carbocycles. The number of nitrogen functional groups attached to an aromatic ring is 1. The largest absolute Gasteiger partial charge is 0.396 e. The normalized spacial score (nSPS) is 12.8. The summed E-state index contributed by atoms with van der Waals surface area (Å²) in [5, 5.41) is 9.51. The van der Waals surface area contributed by atoms with Crippen molar-refractivity contribution >= 4 is 29.3 Å². The summed E-state index contributed by atoms with van der Waals surface area (Å²) in [7, 11) is 0. The second-order valence-electron chi connectivity index (χ2n) is 2.69. The molecule has 1 aromatic rings. The van der Waals surface area contributed by atoms with Crippen molar-refractivity contribution in [2.45, 2.75) is 23.8 Å². The van der Waals surface area contributed by atoms with E-state index in [9.17, 15) is 0 Å². The third kappa shape index (κ3) is 3.65. The van der Waals surface area contributed by atoms with Crippen molar-refractivity contribution in [3.8, 4) is 0 Å². The van der Waals surface area contributed by atoms with Crippen molar-refractivity contribution in [2.75, 3.05) is 12.3 Å². The van der Waals surface area contributed by atoms with Crippen LogP contribution in [0.25, 0.3) is 0 Å². The number of thioether (sulfide) groups is 1. The van der Waals surface area contributed by atoms with Crippen molar-refractivity contribution in [3.63, 3.8) is 0 Å². The molecule has 0 spiro atoms. The third-order valence-corrected chi connectivity index (χ3v) is 2.65. The zero-order chi connectivity index (χ0) is 10.6. The number of anilines is 1. The Kier molecular flexibility index (Phi) is 4.37. The predicted molar refractivity (Wildman–Crippen MR) is 56.3 cm³/mol. The highest BCUT2D eigenvalue weighted by molar-refractivity contribution is 7.99. The lowest BCUT2D eigenvalue weighted by atomic mass is 10.4. The van der Waals surface area contributed by atoms with E-state index in [0.717, 1.165) is 0 Å². The molecule has 0 aliphatic rings. The molecule has 0 fully saturated rings. The number of hydrogen-bond donors (Lipinski definition) is 2. The summed E-state index contributed by atoms with van der Waals surface area (Å²) in [5.41, 5.74) is 5.40. The smallest absolute Gasteiger partial charge is 0.228 e. The predicted octanol–water partition coefficient (Wildman–Crippen LogP) is 0.970. The topological polar surface area (TPSA) is 84.9 Å². The molecule has 1 atom stereocenters. The minimum Gasteiger partial charge on any atom is -0.396 e. The molecule has 0 radical (unpaired) electrons. The van der Waals surface area contributed by atoms with Crippen LogP contribution in [-0.4, -0.2) is 31.9 Å². The Bertz CT molecular complexity index is 291. The first kappa shape index (κ1) is 11.5. The molecule has 0 saturated carbocycles. The van der Waals surface area contributed by atoms with Crippen LogP contribution < -0.4 is 5.73 Å². The van der Waals surface area contributed by atoms with Gasteiger partial charge < -0.3 is 10.8 Å². The minimum absolute atomic E-state index is 0.0937. The molecule has 0 bridgehead atoms. The highest BCUT2D eigenvalue weighted by atomic mass is 35.5. The summed E-state index contributed by atoms with van der Waals surface area (Å²) >= 11 is 7.02. The van der Waals surface area contributed by atoms with Gasteiger partial charge in [0.25, 0.3) is 0 Å². The van der Waals surface area contributed by atoms with Crippen LogP contribution in [0.4, 0.5) is 5.95 Å². The van der Waals surface area contributed by atoms with Gasteiger partial charge in [-0.3, -0.25) is 0 Å². The molecule has 1 rings (SSSR count). The summed E-state index contributed by atoms with van der Waals surface area (Å²) in [4.78, 5) is 11.5. The third-order valence-electron chi connectivity index (χ3n) is 1.45. The number of aliphatic hydroxyl groups is 1. The monoisotopic (exact) mass is 234 g/mol. The van der Waals surface area contributed by atoms with Crippen LogP contribution >= 0.6 is 23.4 Å². The van der Waals surface area contributed by atoms with Crippen molar-refractivity contribution in [3.05, 3.63) is 5.28 Å². The van der Waals surface area contributed by atoms with E-state index in [4.69, 9.17) is 22.4 Å². The summed E-state index contributed by atoms with van der Waals surface area (Å²) in [6.45, 7) is 2.11. The number of nitrogens with zero attached hydrogens (tertiary/aromatic N) is 3. The maximum absolute atomic E-state index is 8.71. The molecule has 7 heteroatoms. The summed E-state index contributed by atoms with van der Waals surface area (Å²) in [6, 6.07) is 0. The Labute approximate surface area is 91.1 Å². The standard InChI is InChI=1S/C7H11ClN4OS/c1-4(2-3-13)14-7-11-5(8)10-6(9)12-7/h4,13H,2-3H2,1H3,(H2,9,10,11,12). The Morgan fingerprint density at radius 1 is 1.50 bits per heavy atom. The molecule has 5 nitrogen and oxygen atoms in total. The van der Waals surface area contributed by atoms with Gasteiger partial charge in [0.15, 0.2) is 5.16 Å². The lowest BCUT2D eigenvalue weighted by molar-refractivity contribution is 0.289. The van der Waals surface area contributed by atoms with Gasteiger partial charge in [-0.25, -0.2) is 0 Å². The number of nitrogens with two attached hydrogens (primary N) is 1. The van der Waals surface area contributed by atoms with Crippen molar-refractivity contribution in [1.82, 2.24) is 15.0 Å². The van der Waals surface area contributed by atoms with E-state index >= 15 is 0 Å². The molecule has 14 heavy (non-hydrogen) atoms. The Hall–Kier alpha value is -0.590. The van der Waals surface area contributed by atoms with Gasteiger partial charge in [0.1, 0.15) is 0 Å². The van der Waals surface area contributed by atoms with E-state index in [0.29, 0.717) is 11.6 Å². The first-order valence-corrected chi connectivity index (χ1v) is 5.32.